The van der Waals surface area contributed by atoms with Crippen molar-refractivity contribution in [2.45, 2.75) is 25.4 Å². The summed E-state index contributed by atoms with van der Waals surface area (Å²) < 4.78 is 0. The summed E-state index contributed by atoms with van der Waals surface area (Å²) >= 11 is 0. The van der Waals surface area contributed by atoms with Gasteiger partial charge in [-0.3, -0.25) is 15.0 Å². The van der Waals surface area contributed by atoms with Gasteiger partial charge in [0.1, 0.15) is 18.0 Å². The van der Waals surface area contributed by atoms with E-state index in [4.69, 9.17) is 0 Å². The van der Waals surface area contributed by atoms with Crippen molar-refractivity contribution in [3.8, 4) is 0 Å². The smallest absolute Gasteiger partial charge is 0.273 e. The highest BCUT2D eigenvalue weighted by atomic mass is 16.6. The minimum Gasteiger partial charge on any atom is -0.363 e. The van der Waals surface area contributed by atoms with Gasteiger partial charge in [0.25, 0.3) is 5.69 Å². The number of nitro benzene ring substituents is 1. The van der Waals surface area contributed by atoms with Gasteiger partial charge in [-0.05, 0) is 19.4 Å². The lowest BCUT2D eigenvalue weighted by atomic mass is 10.0. The number of para-hydroxylation sites is 1. The van der Waals surface area contributed by atoms with Gasteiger partial charge in [0.15, 0.2) is 0 Å². The zero-order chi connectivity index (χ0) is 19.4. The highest BCUT2D eigenvalue weighted by Crippen LogP contribution is 2.25. The van der Waals surface area contributed by atoms with E-state index in [-0.39, 0.29) is 10.6 Å². The molecule has 2 aromatic rings. The Morgan fingerprint density at radius 1 is 1.22 bits per heavy atom. The average Bonchev–Trinajstić information content (AvgIpc) is 2.68. The van der Waals surface area contributed by atoms with Crippen molar-refractivity contribution >= 4 is 17.3 Å². The first-order valence-corrected chi connectivity index (χ1v) is 9.12. The number of aromatic nitrogens is 2. The van der Waals surface area contributed by atoms with Gasteiger partial charge >= 0.3 is 0 Å². The maximum absolute atomic E-state index is 11.3. The molecule has 27 heavy (non-hydrogen) atoms. The molecule has 1 aromatic heterocycles. The van der Waals surface area contributed by atoms with E-state index in [1.807, 2.05) is 37.2 Å². The van der Waals surface area contributed by atoms with Gasteiger partial charge in [-0.15, -0.1) is 0 Å². The largest absolute Gasteiger partial charge is 0.363 e. The monoisotopic (exact) mass is 370 g/mol. The summed E-state index contributed by atoms with van der Waals surface area (Å²) in [6.07, 6.45) is 3.72. The fourth-order valence-corrected chi connectivity index (χ4v) is 3.52. The lowest BCUT2D eigenvalue weighted by molar-refractivity contribution is -0.385. The van der Waals surface area contributed by atoms with Crippen molar-refractivity contribution in [1.29, 1.82) is 0 Å². The van der Waals surface area contributed by atoms with E-state index < -0.39 is 0 Å². The van der Waals surface area contributed by atoms with Gasteiger partial charge < -0.3 is 9.80 Å². The first-order valence-electron chi connectivity index (χ1n) is 9.12. The first-order chi connectivity index (χ1) is 13.0. The minimum absolute atomic E-state index is 0.194. The Morgan fingerprint density at radius 3 is 2.70 bits per heavy atom. The van der Waals surface area contributed by atoms with E-state index in [0.29, 0.717) is 12.6 Å². The molecule has 2 heterocycles. The Hall–Kier alpha value is -2.74. The zero-order valence-corrected chi connectivity index (χ0v) is 16.1. The van der Waals surface area contributed by atoms with E-state index in [1.165, 1.54) is 0 Å². The van der Waals surface area contributed by atoms with Gasteiger partial charge in [-0.2, -0.15) is 0 Å². The van der Waals surface area contributed by atoms with Crippen molar-refractivity contribution in [1.82, 2.24) is 14.9 Å². The topological polar surface area (TPSA) is 78.6 Å². The third-order valence-electron chi connectivity index (χ3n) is 5.07. The van der Waals surface area contributed by atoms with Crippen LogP contribution in [0.25, 0.3) is 0 Å². The lowest BCUT2D eigenvalue weighted by Crippen LogP contribution is -2.46. The summed E-state index contributed by atoms with van der Waals surface area (Å²) in [5.41, 5.74) is 0.960. The number of likely N-dealkylation sites (N-methyl/N-ethyl adjacent to an activating group) is 1. The molecule has 3 rings (SSSR count). The summed E-state index contributed by atoms with van der Waals surface area (Å²) in [4.78, 5) is 26.1. The standard InChI is InChI=1S/C19H26N6O2/c1-22(2)18-11-19(21-14-20-18)23(3)16-8-6-10-24(13-16)12-15-7-4-5-9-17(15)25(26)27/h4-5,7,9,11,14,16H,6,8,10,12-13H2,1-3H3. The highest BCUT2D eigenvalue weighted by Gasteiger charge is 2.26. The molecule has 0 spiro atoms. The molecular weight excluding hydrogens is 344 g/mol. The summed E-state index contributed by atoms with van der Waals surface area (Å²) in [5, 5.41) is 11.3. The number of hydrogen-bond donors (Lipinski definition) is 0. The molecule has 1 unspecified atom stereocenters. The van der Waals surface area contributed by atoms with Crippen LogP contribution >= 0.6 is 0 Å². The molecule has 1 aromatic carbocycles. The molecule has 0 N–H and O–H groups in total. The van der Waals surface area contributed by atoms with Crippen molar-refractivity contribution in [3.63, 3.8) is 0 Å². The number of anilines is 2. The van der Waals surface area contributed by atoms with Crippen LogP contribution < -0.4 is 9.80 Å². The van der Waals surface area contributed by atoms with Crippen molar-refractivity contribution < 1.29 is 4.92 Å². The highest BCUT2D eigenvalue weighted by molar-refractivity contribution is 5.49. The number of hydrogen-bond acceptors (Lipinski definition) is 7. The Kier molecular flexibility index (Phi) is 5.85. The first kappa shape index (κ1) is 19.0. The lowest BCUT2D eigenvalue weighted by Gasteiger charge is -2.38. The van der Waals surface area contributed by atoms with Crippen LogP contribution in [-0.2, 0) is 6.54 Å². The maximum atomic E-state index is 11.3. The molecule has 1 atom stereocenters. The Morgan fingerprint density at radius 2 is 1.96 bits per heavy atom. The molecule has 0 radical (unpaired) electrons. The van der Waals surface area contributed by atoms with E-state index in [9.17, 15) is 10.1 Å². The Balaban J connectivity index is 1.71. The second-order valence-electron chi connectivity index (χ2n) is 7.16. The molecule has 1 aliphatic rings. The van der Waals surface area contributed by atoms with E-state index >= 15 is 0 Å². The fraction of sp³-hybridized carbons (Fsp3) is 0.474. The normalized spacial score (nSPS) is 17.5. The molecule has 0 saturated carbocycles. The quantitative estimate of drug-likeness (QED) is 0.571. The Labute approximate surface area is 159 Å². The van der Waals surface area contributed by atoms with Gasteiger partial charge in [-0.1, -0.05) is 18.2 Å². The maximum Gasteiger partial charge on any atom is 0.273 e. The molecular formula is C19H26N6O2. The van der Waals surface area contributed by atoms with Crippen molar-refractivity contribution in [2.75, 3.05) is 44.0 Å². The number of rotatable bonds is 6. The van der Waals surface area contributed by atoms with E-state index in [1.54, 1.807) is 18.5 Å². The molecule has 0 bridgehead atoms. The number of nitro groups is 1. The second kappa shape index (κ2) is 8.30. The molecule has 1 aliphatic heterocycles. The minimum atomic E-state index is -0.299. The number of piperidine rings is 1. The Bertz CT molecular complexity index is 797. The van der Waals surface area contributed by atoms with Crippen LogP contribution in [0.15, 0.2) is 36.7 Å². The van der Waals surface area contributed by atoms with Crippen LogP contribution in [-0.4, -0.2) is 60.1 Å². The fourth-order valence-electron chi connectivity index (χ4n) is 3.52. The predicted octanol–water partition coefficient (Wildman–Crippen LogP) is 2.55. The van der Waals surface area contributed by atoms with Crippen molar-refractivity contribution in [3.05, 3.63) is 52.3 Å². The zero-order valence-electron chi connectivity index (χ0n) is 16.1. The van der Waals surface area contributed by atoms with Crippen LogP contribution in [0, 0.1) is 10.1 Å². The summed E-state index contributed by atoms with van der Waals surface area (Å²) in [5.74, 6) is 1.77. The van der Waals surface area contributed by atoms with Gasteiger partial charge in [0, 0.05) is 58.0 Å². The number of likely N-dealkylation sites (tertiary alicyclic amines) is 1. The van der Waals surface area contributed by atoms with Gasteiger partial charge in [-0.25, -0.2) is 9.97 Å². The molecule has 1 fully saturated rings. The third kappa shape index (κ3) is 4.51. The summed E-state index contributed by atoms with van der Waals surface area (Å²) in [6.45, 7) is 2.39. The van der Waals surface area contributed by atoms with E-state index in [0.717, 1.165) is 43.1 Å². The number of benzene rings is 1. The summed E-state index contributed by atoms with van der Waals surface area (Å²) in [6, 6.07) is 9.30. The average molecular weight is 370 g/mol. The predicted molar refractivity (Wildman–Crippen MR) is 106 cm³/mol. The molecule has 0 amide bonds. The summed E-state index contributed by atoms with van der Waals surface area (Å²) in [7, 11) is 5.98. The third-order valence-corrected chi connectivity index (χ3v) is 5.07. The number of nitrogens with zero attached hydrogens (tertiary/aromatic N) is 6. The van der Waals surface area contributed by atoms with Gasteiger partial charge in [0.05, 0.1) is 4.92 Å². The molecule has 8 heteroatoms. The van der Waals surface area contributed by atoms with E-state index in [2.05, 4.69) is 26.8 Å². The van der Waals surface area contributed by atoms with Crippen LogP contribution in [0.5, 0.6) is 0 Å². The van der Waals surface area contributed by atoms with Crippen LogP contribution in [0.3, 0.4) is 0 Å². The molecule has 144 valence electrons. The molecule has 8 nitrogen and oxygen atoms in total. The molecule has 0 aliphatic carbocycles. The SMILES string of the molecule is CN(C)c1cc(N(C)C2CCCN(Cc3ccccc3[N+](=O)[O-])C2)ncn1. The van der Waals surface area contributed by atoms with Gasteiger partial charge in [0.2, 0.25) is 0 Å². The van der Waals surface area contributed by atoms with Crippen LogP contribution in [0.4, 0.5) is 17.3 Å². The molecule has 1 saturated heterocycles. The van der Waals surface area contributed by atoms with Crippen molar-refractivity contribution in [2.24, 2.45) is 0 Å². The van der Waals surface area contributed by atoms with Crippen LogP contribution in [0.1, 0.15) is 18.4 Å². The van der Waals surface area contributed by atoms with Crippen LogP contribution in [0.2, 0.25) is 0 Å². The second-order valence-corrected chi connectivity index (χ2v) is 7.16.